The lowest BCUT2D eigenvalue weighted by atomic mass is 10.1. The molecule has 0 aliphatic carbocycles. The van der Waals surface area contributed by atoms with Crippen molar-refractivity contribution in [1.29, 1.82) is 0 Å². The molecule has 0 aliphatic heterocycles. The van der Waals surface area contributed by atoms with E-state index in [-0.39, 0.29) is 11.5 Å². The Morgan fingerprint density at radius 1 is 1.14 bits per heavy atom. The van der Waals surface area contributed by atoms with Gasteiger partial charge in [-0.15, -0.1) is 5.10 Å². The topological polar surface area (TPSA) is 101 Å². The molecule has 0 spiro atoms. The molecule has 0 saturated heterocycles. The highest BCUT2D eigenvalue weighted by atomic mass is 19.1. The van der Waals surface area contributed by atoms with Gasteiger partial charge in [-0.2, -0.15) is 4.68 Å². The number of aryl methyl sites for hydroxylation is 1. The third-order valence-electron chi connectivity index (χ3n) is 4.61. The third kappa shape index (κ3) is 4.45. The number of nitrogens with one attached hydrogen (secondary N) is 2. The lowest BCUT2D eigenvalue weighted by Crippen LogP contribution is -2.26. The van der Waals surface area contributed by atoms with Gasteiger partial charge in [0.05, 0.1) is 22.3 Å². The van der Waals surface area contributed by atoms with Gasteiger partial charge in [0.15, 0.2) is 0 Å². The van der Waals surface area contributed by atoms with E-state index in [2.05, 4.69) is 30.8 Å². The van der Waals surface area contributed by atoms with Crippen molar-refractivity contribution in [1.82, 2.24) is 35.5 Å². The van der Waals surface area contributed by atoms with Crippen LogP contribution < -0.4 is 5.32 Å². The highest BCUT2D eigenvalue weighted by molar-refractivity contribution is 5.97. The van der Waals surface area contributed by atoms with Crippen molar-refractivity contribution in [3.8, 4) is 5.69 Å². The van der Waals surface area contributed by atoms with Crippen LogP contribution in [0.3, 0.4) is 0 Å². The summed E-state index contributed by atoms with van der Waals surface area (Å²) in [5.41, 5.74) is 2.64. The van der Waals surface area contributed by atoms with Gasteiger partial charge in [0, 0.05) is 13.0 Å². The largest absolute Gasteiger partial charge is 0.352 e. The van der Waals surface area contributed by atoms with Crippen LogP contribution in [0, 0.1) is 5.82 Å². The summed E-state index contributed by atoms with van der Waals surface area (Å²) in [5, 5.41) is 13.7. The van der Waals surface area contributed by atoms with E-state index in [0.29, 0.717) is 12.2 Å². The van der Waals surface area contributed by atoms with Crippen molar-refractivity contribution in [3.63, 3.8) is 0 Å². The van der Waals surface area contributed by atoms with Crippen LogP contribution in [-0.4, -0.2) is 42.6 Å². The van der Waals surface area contributed by atoms with Gasteiger partial charge in [-0.25, -0.2) is 9.37 Å². The van der Waals surface area contributed by atoms with E-state index >= 15 is 0 Å². The average molecular weight is 393 g/mol. The number of carbonyl (C=O) groups is 1. The van der Waals surface area contributed by atoms with Gasteiger partial charge in [0.2, 0.25) is 0 Å². The Balaban J connectivity index is 1.26. The number of carbonyl (C=O) groups excluding carboxylic acids is 1. The zero-order valence-corrected chi connectivity index (χ0v) is 15.7. The molecule has 29 heavy (non-hydrogen) atoms. The van der Waals surface area contributed by atoms with Crippen LogP contribution in [0.1, 0.15) is 35.4 Å². The number of aromatic nitrogens is 6. The Hall–Kier alpha value is -3.62. The lowest BCUT2D eigenvalue weighted by molar-refractivity contribution is 0.0952. The molecule has 148 valence electrons. The summed E-state index contributed by atoms with van der Waals surface area (Å²) >= 11 is 0. The number of H-pyrrole nitrogens is 1. The molecule has 0 radical (unpaired) electrons. The number of fused-ring (bicyclic) bond motifs is 1. The fraction of sp³-hybridized carbons (Fsp3) is 0.250. The summed E-state index contributed by atoms with van der Waals surface area (Å²) in [4.78, 5) is 20.4. The maximum Gasteiger partial charge on any atom is 0.253 e. The zero-order valence-electron chi connectivity index (χ0n) is 15.7. The van der Waals surface area contributed by atoms with Crippen LogP contribution in [-0.2, 0) is 6.42 Å². The maximum atomic E-state index is 13.6. The fourth-order valence-corrected chi connectivity index (χ4v) is 3.18. The van der Waals surface area contributed by atoms with Gasteiger partial charge < -0.3 is 10.3 Å². The SMILES string of the molecule is O=C(NCCCCCc1nc2ccccc2[nH]1)c1cc(F)ccc1-n1cnnn1. The molecule has 2 N–H and O–H groups in total. The molecule has 2 aromatic heterocycles. The van der Waals surface area contributed by atoms with Gasteiger partial charge in [0.1, 0.15) is 18.0 Å². The second kappa shape index (κ2) is 8.59. The molecule has 1 amide bonds. The minimum Gasteiger partial charge on any atom is -0.352 e. The number of rotatable bonds is 8. The van der Waals surface area contributed by atoms with Crippen molar-refractivity contribution in [3.05, 3.63) is 66.0 Å². The summed E-state index contributed by atoms with van der Waals surface area (Å²) in [6.07, 6.45) is 4.95. The number of para-hydroxylation sites is 2. The quantitative estimate of drug-likeness (QED) is 0.448. The Kier molecular flexibility index (Phi) is 5.55. The van der Waals surface area contributed by atoms with E-state index in [9.17, 15) is 9.18 Å². The van der Waals surface area contributed by atoms with E-state index < -0.39 is 5.82 Å². The number of unbranched alkanes of at least 4 members (excludes halogenated alkanes) is 2. The number of amides is 1. The Bertz CT molecular complexity index is 1070. The van der Waals surface area contributed by atoms with E-state index in [1.54, 1.807) is 0 Å². The van der Waals surface area contributed by atoms with Crippen molar-refractivity contribution >= 4 is 16.9 Å². The first-order valence-corrected chi connectivity index (χ1v) is 9.45. The minimum atomic E-state index is -0.488. The number of hydrogen-bond acceptors (Lipinski definition) is 5. The van der Waals surface area contributed by atoms with Gasteiger partial charge >= 0.3 is 0 Å². The van der Waals surface area contributed by atoms with Crippen molar-refractivity contribution < 1.29 is 9.18 Å². The molecule has 9 heteroatoms. The molecule has 8 nitrogen and oxygen atoms in total. The Labute approximate surface area is 166 Å². The lowest BCUT2D eigenvalue weighted by Gasteiger charge is -2.09. The molecule has 0 saturated carbocycles. The van der Waals surface area contributed by atoms with E-state index in [1.807, 2.05) is 24.3 Å². The second-order valence-corrected chi connectivity index (χ2v) is 6.68. The molecule has 4 aromatic rings. The molecular weight excluding hydrogens is 373 g/mol. The van der Waals surface area contributed by atoms with Crippen LogP contribution in [0.5, 0.6) is 0 Å². The van der Waals surface area contributed by atoms with Gasteiger partial charge in [-0.05, 0) is 53.6 Å². The predicted octanol–water partition coefficient (Wildman–Crippen LogP) is 2.82. The number of imidazole rings is 1. The number of tetrazole rings is 1. The predicted molar refractivity (Wildman–Crippen MR) is 105 cm³/mol. The summed E-state index contributed by atoms with van der Waals surface area (Å²) in [6.45, 7) is 0.504. The van der Waals surface area contributed by atoms with Gasteiger partial charge in [-0.3, -0.25) is 4.79 Å². The zero-order chi connectivity index (χ0) is 20.1. The summed E-state index contributed by atoms with van der Waals surface area (Å²) < 4.78 is 15.0. The van der Waals surface area contributed by atoms with Crippen LogP contribution in [0.15, 0.2) is 48.8 Å². The first kappa shape index (κ1) is 18.7. The Morgan fingerprint density at radius 3 is 2.86 bits per heavy atom. The molecule has 0 atom stereocenters. The first-order chi connectivity index (χ1) is 14.2. The maximum absolute atomic E-state index is 13.6. The first-order valence-electron chi connectivity index (χ1n) is 9.45. The van der Waals surface area contributed by atoms with Crippen LogP contribution in [0.4, 0.5) is 4.39 Å². The number of benzene rings is 2. The van der Waals surface area contributed by atoms with Crippen molar-refractivity contribution in [2.45, 2.75) is 25.7 Å². The minimum absolute atomic E-state index is 0.194. The molecule has 0 bridgehead atoms. The standard InChI is InChI=1S/C20H20FN7O/c21-14-9-10-18(28-13-23-26-27-28)15(12-14)20(29)22-11-5-1-2-8-19-24-16-6-3-4-7-17(16)25-19/h3-4,6-7,9-10,12-13H,1-2,5,8,11H2,(H,22,29)(H,24,25). The number of halogens is 1. The molecule has 4 rings (SSSR count). The molecule has 2 aromatic carbocycles. The smallest absolute Gasteiger partial charge is 0.253 e. The molecule has 0 unspecified atom stereocenters. The van der Waals surface area contributed by atoms with Crippen LogP contribution in [0.2, 0.25) is 0 Å². The monoisotopic (exact) mass is 393 g/mol. The summed E-state index contributed by atoms with van der Waals surface area (Å²) in [6, 6.07) is 11.9. The van der Waals surface area contributed by atoms with Crippen LogP contribution in [0.25, 0.3) is 16.7 Å². The molecule has 2 heterocycles. The third-order valence-corrected chi connectivity index (χ3v) is 4.61. The van der Waals surface area contributed by atoms with Gasteiger partial charge in [-0.1, -0.05) is 18.6 Å². The van der Waals surface area contributed by atoms with Crippen molar-refractivity contribution in [2.75, 3.05) is 6.54 Å². The van der Waals surface area contributed by atoms with Gasteiger partial charge in [0.25, 0.3) is 5.91 Å². The highest BCUT2D eigenvalue weighted by Gasteiger charge is 2.14. The number of aromatic amines is 1. The number of nitrogens with zero attached hydrogens (tertiary/aromatic N) is 5. The van der Waals surface area contributed by atoms with Crippen molar-refractivity contribution in [2.24, 2.45) is 0 Å². The highest BCUT2D eigenvalue weighted by Crippen LogP contribution is 2.15. The fourth-order valence-electron chi connectivity index (χ4n) is 3.18. The average Bonchev–Trinajstić information content (AvgIpc) is 3.39. The van der Waals surface area contributed by atoms with E-state index in [4.69, 9.17) is 0 Å². The van der Waals surface area contributed by atoms with E-state index in [0.717, 1.165) is 42.5 Å². The summed E-state index contributed by atoms with van der Waals surface area (Å²) in [7, 11) is 0. The molecule has 0 fully saturated rings. The number of hydrogen-bond donors (Lipinski definition) is 2. The second-order valence-electron chi connectivity index (χ2n) is 6.68. The molecule has 0 aliphatic rings. The molecular formula is C20H20FN7O. The normalized spacial score (nSPS) is 11.1. The van der Waals surface area contributed by atoms with E-state index in [1.165, 1.54) is 29.2 Å². The Morgan fingerprint density at radius 2 is 2.03 bits per heavy atom. The van der Waals surface area contributed by atoms with Crippen LogP contribution >= 0.6 is 0 Å². The summed E-state index contributed by atoms with van der Waals surface area (Å²) in [5.74, 6) is 0.131.